The monoisotopic (exact) mass is 288 g/mol. The van der Waals surface area contributed by atoms with Crippen LogP contribution in [0.15, 0.2) is 34.9 Å². The quantitative estimate of drug-likeness (QED) is 0.713. The predicted molar refractivity (Wildman–Crippen MR) is 84.3 cm³/mol. The van der Waals surface area contributed by atoms with Gasteiger partial charge in [-0.1, -0.05) is 56.5 Å². The van der Waals surface area contributed by atoms with E-state index in [-0.39, 0.29) is 0 Å². The maximum atomic E-state index is 5.62. The van der Waals surface area contributed by atoms with Crippen molar-refractivity contribution in [2.45, 2.75) is 39.0 Å². The second-order valence-electron chi connectivity index (χ2n) is 5.11. The molecule has 114 valence electrons. The lowest BCUT2D eigenvalue weighted by atomic mass is 10.0. The molecule has 1 aromatic carbocycles. The van der Waals surface area contributed by atoms with Crippen LogP contribution in [-0.2, 0) is 6.42 Å². The molecule has 1 aromatic heterocycles. The fourth-order valence-corrected chi connectivity index (χ4v) is 2.33. The SMILES string of the molecule is CCCCCCc1c(OCCN)noc1-c1ccccc1. The van der Waals surface area contributed by atoms with Gasteiger partial charge in [0.25, 0.3) is 5.88 Å². The molecule has 0 unspecified atom stereocenters. The van der Waals surface area contributed by atoms with Crippen molar-refractivity contribution < 1.29 is 9.26 Å². The number of rotatable bonds is 9. The average Bonchev–Trinajstić information content (AvgIpc) is 2.93. The Balaban J connectivity index is 2.17. The van der Waals surface area contributed by atoms with Gasteiger partial charge >= 0.3 is 0 Å². The van der Waals surface area contributed by atoms with Crippen molar-refractivity contribution in [3.05, 3.63) is 35.9 Å². The minimum atomic E-state index is 0.461. The van der Waals surface area contributed by atoms with E-state index >= 15 is 0 Å². The van der Waals surface area contributed by atoms with E-state index < -0.39 is 0 Å². The number of benzene rings is 1. The molecule has 2 aromatic rings. The zero-order valence-corrected chi connectivity index (χ0v) is 12.7. The summed E-state index contributed by atoms with van der Waals surface area (Å²) in [6.07, 6.45) is 5.74. The van der Waals surface area contributed by atoms with Crippen LogP contribution in [0.2, 0.25) is 0 Å². The first-order chi connectivity index (χ1) is 10.4. The maximum absolute atomic E-state index is 5.62. The lowest BCUT2D eigenvalue weighted by Gasteiger charge is -2.05. The first-order valence-electron chi connectivity index (χ1n) is 7.73. The predicted octanol–water partition coefficient (Wildman–Crippen LogP) is 3.80. The van der Waals surface area contributed by atoms with Crippen LogP contribution in [0.5, 0.6) is 5.88 Å². The van der Waals surface area contributed by atoms with Crippen molar-refractivity contribution in [1.29, 1.82) is 0 Å². The lowest BCUT2D eigenvalue weighted by Crippen LogP contribution is -2.11. The van der Waals surface area contributed by atoms with Crippen molar-refractivity contribution in [2.75, 3.05) is 13.2 Å². The molecule has 0 aliphatic rings. The zero-order valence-electron chi connectivity index (χ0n) is 12.7. The highest BCUT2D eigenvalue weighted by molar-refractivity contribution is 5.63. The summed E-state index contributed by atoms with van der Waals surface area (Å²) in [6, 6.07) is 10.1. The smallest absolute Gasteiger partial charge is 0.258 e. The highest BCUT2D eigenvalue weighted by Gasteiger charge is 2.18. The molecule has 0 saturated carbocycles. The van der Waals surface area contributed by atoms with Crippen molar-refractivity contribution >= 4 is 0 Å². The van der Waals surface area contributed by atoms with E-state index in [9.17, 15) is 0 Å². The van der Waals surface area contributed by atoms with Crippen LogP contribution in [0.3, 0.4) is 0 Å². The van der Waals surface area contributed by atoms with Gasteiger partial charge in [-0.3, -0.25) is 0 Å². The van der Waals surface area contributed by atoms with Gasteiger partial charge in [0, 0.05) is 12.1 Å². The van der Waals surface area contributed by atoms with Crippen molar-refractivity contribution in [2.24, 2.45) is 5.73 Å². The van der Waals surface area contributed by atoms with Crippen LogP contribution >= 0.6 is 0 Å². The van der Waals surface area contributed by atoms with Gasteiger partial charge in [0.1, 0.15) is 6.61 Å². The van der Waals surface area contributed by atoms with Crippen LogP contribution < -0.4 is 10.5 Å². The van der Waals surface area contributed by atoms with E-state index in [4.69, 9.17) is 15.0 Å². The van der Waals surface area contributed by atoms with E-state index in [1.165, 1.54) is 19.3 Å². The number of hydrogen-bond acceptors (Lipinski definition) is 4. The van der Waals surface area contributed by atoms with Crippen molar-refractivity contribution in [1.82, 2.24) is 5.16 Å². The summed E-state index contributed by atoms with van der Waals surface area (Å²) in [5.41, 5.74) is 7.60. The number of unbranched alkanes of at least 4 members (excludes halogenated alkanes) is 3. The van der Waals surface area contributed by atoms with Gasteiger partial charge in [-0.25, -0.2) is 0 Å². The summed E-state index contributed by atoms with van der Waals surface area (Å²) in [6.45, 7) is 3.15. The van der Waals surface area contributed by atoms with Gasteiger partial charge in [-0.2, -0.15) is 0 Å². The maximum Gasteiger partial charge on any atom is 0.258 e. The van der Waals surface area contributed by atoms with E-state index in [2.05, 4.69) is 12.1 Å². The summed E-state index contributed by atoms with van der Waals surface area (Å²) in [5, 5.41) is 4.08. The molecule has 0 aliphatic carbocycles. The fraction of sp³-hybridized carbons (Fsp3) is 0.471. The molecule has 0 spiro atoms. The number of ether oxygens (including phenoxy) is 1. The highest BCUT2D eigenvalue weighted by atomic mass is 16.5. The molecule has 21 heavy (non-hydrogen) atoms. The summed E-state index contributed by atoms with van der Waals surface area (Å²) < 4.78 is 11.1. The van der Waals surface area contributed by atoms with Crippen LogP contribution in [0.1, 0.15) is 38.2 Å². The average molecular weight is 288 g/mol. The highest BCUT2D eigenvalue weighted by Crippen LogP contribution is 2.32. The molecule has 0 saturated heterocycles. The Kier molecular flexibility index (Phi) is 6.28. The van der Waals surface area contributed by atoms with Gasteiger partial charge in [0.2, 0.25) is 0 Å². The van der Waals surface area contributed by atoms with E-state index in [1.807, 2.05) is 30.3 Å². The van der Waals surface area contributed by atoms with Crippen molar-refractivity contribution in [3.8, 4) is 17.2 Å². The molecule has 4 nitrogen and oxygen atoms in total. The Morgan fingerprint density at radius 2 is 1.95 bits per heavy atom. The van der Waals surface area contributed by atoms with E-state index in [0.29, 0.717) is 19.0 Å². The summed E-state index contributed by atoms with van der Waals surface area (Å²) >= 11 is 0. The molecule has 2 rings (SSSR count). The van der Waals surface area contributed by atoms with E-state index in [1.54, 1.807) is 0 Å². The van der Waals surface area contributed by atoms with E-state index in [0.717, 1.165) is 29.7 Å². The summed E-state index contributed by atoms with van der Waals surface area (Å²) in [7, 11) is 0. The Morgan fingerprint density at radius 1 is 1.14 bits per heavy atom. The second-order valence-corrected chi connectivity index (χ2v) is 5.11. The van der Waals surface area contributed by atoms with Crippen LogP contribution in [0.25, 0.3) is 11.3 Å². The standard InChI is InChI=1S/C17H24N2O2/c1-2-3-4-8-11-15-16(14-9-6-5-7-10-14)21-19-17(15)20-13-12-18/h5-7,9-10H,2-4,8,11-13,18H2,1H3. The minimum absolute atomic E-state index is 0.461. The summed E-state index contributed by atoms with van der Waals surface area (Å²) in [5.74, 6) is 1.41. The topological polar surface area (TPSA) is 61.3 Å². The number of hydrogen-bond donors (Lipinski definition) is 1. The molecule has 1 heterocycles. The Labute approximate surface area is 126 Å². The molecule has 0 atom stereocenters. The Bertz CT molecular complexity index is 523. The Hall–Kier alpha value is -1.81. The Morgan fingerprint density at radius 3 is 2.67 bits per heavy atom. The van der Waals surface area contributed by atoms with Gasteiger partial charge in [0.15, 0.2) is 5.76 Å². The molecule has 2 N–H and O–H groups in total. The third-order valence-corrected chi connectivity index (χ3v) is 3.43. The van der Waals surface area contributed by atoms with Gasteiger partial charge in [-0.05, 0) is 18.0 Å². The zero-order chi connectivity index (χ0) is 14.9. The number of aromatic nitrogens is 1. The fourth-order valence-electron chi connectivity index (χ4n) is 2.33. The second kappa shape index (κ2) is 8.47. The molecular formula is C17H24N2O2. The third-order valence-electron chi connectivity index (χ3n) is 3.43. The van der Waals surface area contributed by atoms with Crippen LogP contribution in [0.4, 0.5) is 0 Å². The van der Waals surface area contributed by atoms with Gasteiger partial charge in [0.05, 0.1) is 5.56 Å². The normalized spacial score (nSPS) is 10.8. The molecule has 4 heteroatoms. The largest absolute Gasteiger partial charge is 0.474 e. The molecule has 0 aliphatic heterocycles. The molecule has 0 radical (unpaired) electrons. The first-order valence-corrected chi connectivity index (χ1v) is 7.73. The molecule has 0 amide bonds. The minimum Gasteiger partial charge on any atom is -0.474 e. The van der Waals surface area contributed by atoms with Crippen LogP contribution in [-0.4, -0.2) is 18.3 Å². The van der Waals surface area contributed by atoms with Crippen molar-refractivity contribution in [3.63, 3.8) is 0 Å². The molecule has 0 fully saturated rings. The molecular weight excluding hydrogens is 264 g/mol. The van der Waals surface area contributed by atoms with Crippen LogP contribution in [0, 0.1) is 0 Å². The number of nitrogens with zero attached hydrogens (tertiary/aromatic N) is 1. The third kappa shape index (κ3) is 4.33. The summed E-state index contributed by atoms with van der Waals surface area (Å²) in [4.78, 5) is 0. The van der Waals surface area contributed by atoms with Gasteiger partial charge < -0.3 is 15.0 Å². The number of nitrogens with two attached hydrogens (primary N) is 1. The molecule has 0 bridgehead atoms. The van der Waals surface area contributed by atoms with Gasteiger partial charge in [-0.15, -0.1) is 0 Å². The lowest BCUT2D eigenvalue weighted by molar-refractivity contribution is 0.287. The first kappa shape index (κ1) is 15.6.